The molecule has 2 unspecified atom stereocenters. The third kappa shape index (κ3) is 2.19. The van der Waals surface area contributed by atoms with Crippen molar-refractivity contribution in [2.45, 2.75) is 18.9 Å². The Morgan fingerprint density at radius 1 is 1.62 bits per heavy atom. The molecule has 0 amide bonds. The first-order valence-corrected chi connectivity index (χ1v) is 5.25. The molecule has 0 radical (unpaired) electrons. The van der Waals surface area contributed by atoms with Gasteiger partial charge in [0.15, 0.2) is 0 Å². The molecule has 5 heteroatoms. The number of carboxylic acid groups (broad SMARTS) is 1. The van der Waals surface area contributed by atoms with E-state index in [1.54, 1.807) is 12.1 Å². The largest absolute Gasteiger partial charge is 0.481 e. The van der Waals surface area contributed by atoms with E-state index in [9.17, 15) is 9.18 Å². The third-order valence-electron chi connectivity index (χ3n) is 2.92. The molecular weight excluding hydrogens is 211 g/mol. The van der Waals surface area contributed by atoms with Gasteiger partial charge < -0.3 is 10.4 Å². The zero-order valence-corrected chi connectivity index (χ0v) is 8.69. The van der Waals surface area contributed by atoms with Crippen LogP contribution in [0.15, 0.2) is 18.3 Å². The summed E-state index contributed by atoms with van der Waals surface area (Å²) in [6.45, 7) is 0.593. The molecule has 0 saturated carbocycles. The molecule has 0 aromatic carbocycles. The van der Waals surface area contributed by atoms with Crippen molar-refractivity contribution in [2.75, 3.05) is 6.54 Å². The fourth-order valence-electron chi connectivity index (χ4n) is 2.04. The van der Waals surface area contributed by atoms with Gasteiger partial charge in [0.2, 0.25) is 5.95 Å². The van der Waals surface area contributed by atoms with Gasteiger partial charge in [-0.2, -0.15) is 4.39 Å². The van der Waals surface area contributed by atoms with E-state index in [0.29, 0.717) is 24.9 Å². The van der Waals surface area contributed by atoms with Gasteiger partial charge in [0.25, 0.3) is 0 Å². The van der Waals surface area contributed by atoms with Gasteiger partial charge in [0.1, 0.15) is 0 Å². The Morgan fingerprint density at radius 3 is 3.12 bits per heavy atom. The summed E-state index contributed by atoms with van der Waals surface area (Å²) >= 11 is 0. The molecule has 2 N–H and O–H groups in total. The number of rotatable bonds is 2. The maximum Gasteiger partial charge on any atom is 0.306 e. The predicted molar refractivity (Wildman–Crippen MR) is 55.3 cm³/mol. The lowest BCUT2D eigenvalue weighted by atomic mass is 9.89. The summed E-state index contributed by atoms with van der Waals surface area (Å²) in [6.07, 6.45) is 2.39. The number of nitrogens with zero attached hydrogens (tertiary/aromatic N) is 1. The summed E-state index contributed by atoms with van der Waals surface area (Å²) in [4.78, 5) is 14.4. The summed E-state index contributed by atoms with van der Waals surface area (Å²) in [5, 5.41) is 12.1. The van der Waals surface area contributed by atoms with E-state index in [4.69, 9.17) is 5.11 Å². The van der Waals surface area contributed by atoms with Crippen LogP contribution in [0.25, 0.3) is 0 Å². The maximum atomic E-state index is 13.4. The fraction of sp³-hybridized carbons (Fsp3) is 0.455. The Hall–Kier alpha value is -1.49. The first-order chi connectivity index (χ1) is 7.68. The molecule has 1 aromatic rings. The summed E-state index contributed by atoms with van der Waals surface area (Å²) in [5.74, 6) is -1.73. The number of hydrogen-bond donors (Lipinski definition) is 2. The molecule has 1 aromatic heterocycles. The maximum absolute atomic E-state index is 13.4. The molecule has 86 valence electrons. The van der Waals surface area contributed by atoms with Crippen LogP contribution in [-0.2, 0) is 4.79 Å². The quantitative estimate of drug-likeness (QED) is 0.744. The lowest BCUT2D eigenvalue weighted by Gasteiger charge is -2.28. The molecule has 1 saturated heterocycles. The third-order valence-corrected chi connectivity index (χ3v) is 2.92. The molecule has 0 spiro atoms. The average molecular weight is 224 g/mol. The van der Waals surface area contributed by atoms with Crippen LogP contribution in [-0.4, -0.2) is 22.6 Å². The lowest BCUT2D eigenvalue weighted by molar-refractivity contribution is -0.143. The van der Waals surface area contributed by atoms with Crippen molar-refractivity contribution >= 4 is 5.97 Å². The summed E-state index contributed by atoms with van der Waals surface area (Å²) in [7, 11) is 0. The summed E-state index contributed by atoms with van der Waals surface area (Å²) in [6, 6.07) is 3.05. The topological polar surface area (TPSA) is 62.2 Å². The number of aliphatic carboxylic acids is 1. The van der Waals surface area contributed by atoms with Crippen molar-refractivity contribution in [3.8, 4) is 0 Å². The van der Waals surface area contributed by atoms with Crippen LogP contribution in [0.1, 0.15) is 24.4 Å². The summed E-state index contributed by atoms with van der Waals surface area (Å²) < 4.78 is 13.4. The van der Waals surface area contributed by atoms with E-state index in [0.717, 1.165) is 0 Å². The first-order valence-electron chi connectivity index (χ1n) is 5.25. The number of carbonyl (C=O) groups is 1. The van der Waals surface area contributed by atoms with Gasteiger partial charge in [-0.25, -0.2) is 4.98 Å². The Kier molecular flexibility index (Phi) is 3.14. The molecule has 2 rings (SSSR count). The SMILES string of the molecule is O=C(O)C1CCNC(c2cccnc2F)C1. The van der Waals surface area contributed by atoms with Gasteiger partial charge >= 0.3 is 5.97 Å². The predicted octanol–water partition coefficient (Wildman–Crippen LogP) is 1.35. The molecule has 1 aliphatic heterocycles. The molecule has 0 bridgehead atoms. The highest BCUT2D eigenvalue weighted by atomic mass is 19.1. The van der Waals surface area contributed by atoms with E-state index in [1.807, 2.05) is 0 Å². The standard InChI is InChI=1S/C11H13FN2O2/c12-10-8(2-1-4-14-10)9-6-7(11(15)16)3-5-13-9/h1-2,4,7,9,13H,3,5-6H2,(H,15,16). The van der Waals surface area contributed by atoms with Crippen molar-refractivity contribution < 1.29 is 14.3 Å². The van der Waals surface area contributed by atoms with Crippen molar-refractivity contribution in [1.29, 1.82) is 0 Å². The Balaban J connectivity index is 2.16. The monoisotopic (exact) mass is 224 g/mol. The van der Waals surface area contributed by atoms with Crippen LogP contribution in [0, 0.1) is 11.9 Å². The molecule has 1 fully saturated rings. The van der Waals surface area contributed by atoms with Crippen molar-refractivity contribution in [3.63, 3.8) is 0 Å². The smallest absolute Gasteiger partial charge is 0.306 e. The minimum absolute atomic E-state index is 0.247. The number of carboxylic acids is 1. The highest BCUT2D eigenvalue weighted by molar-refractivity contribution is 5.70. The first kappa shape index (κ1) is 11.0. The Labute approximate surface area is 92.5 Å². The van der Waals surface area contributed by atoms with Crippen LogP contribution in [0.4, 0.5) is 4.39 Å². The number of aromatic nitrogens is 1. The van der Waals surface area contributed by atoms with Crippen molar-refractivity contribution in [3.05, 3.63) is 29.8 Å². The van der Waals surface area contributed by atoms with Gasteiger partial charge in [-0.3, -0.25) is 4.79 Å². The number of nitrogens with one attached hydrogen (secondary N) is 1. The van der Waals surface area contributed by atoms with E-state index < -0.39 is 17.8 Å². The lowest BCUT2D eigenvalue weighted by Crippen LogP contribution is -2.35. The number of hydrogen-bond acceptors (Lipinski definition) is 3. The van der Waals surface area contributed by atoms with E-state index >= 15 is 0 Å². The molecular formula is C11H13FN2O2. The van der Waals surface area contributed by atoms with Gasteiger partial charge in [-0.1, -0.05) is 6.07 Å². The molecule has 2 heterocycles. The highest BCUT2D eigenvalue weighted by Gasteiger charge is 2.28. The average Bonchev–Trinajstić information content (AvgIpc) is 2.30. The number of piperidine rings is 1. The summed E-state index contributed by atoms with van der Waals surface area (Å²) in [5.41, 5.74) is 0.452. The van der Waals surface area contributed by atoms with E-state index in [2.05, 4.69) is 10.3 Å². The van der Waals surface area contributed by atoms with E-state index in [1.165, 1.54) is 6.20 Å². The zero-order valence-electron chi connectivity index (χ0n) is 8.69. The fourth-order valence-corrected chi connectivity index (χ4v) is 2.04. The van der Waals surface area contributed by atoms with Crippen LogP contribution in [0.2, 0.25) is 0 Å². The van der Waals surface area contributed by atoms with Gasteiger partial charge in [-0.05, 0) is 25.5 Å². The van der Waals surface area contributed by atoms with Gasteiger partial charge in [0, 0.05) is 17.8 Å². The van der Waals surface area contributed by atoms with Crippen molar-refractivity contribution in [2.24, 2.45) is 5.92 Å². The molecule has 2 atom stereocenters. The molecule has 1 aliphatic rings. The van der Waals surface area contributed by atoms with Crippen molar-refractivity contribution in [1.82, 2.24) is 10.3 Å². The normalized spacial score (nSPS) is 25.3. The molecule has 4 nitrogen and oxygen atoms in total. The Bertz CT molecular complexity index is 397. The van der Waals surface area contributed by atoms with Crippen LogP contribution in [0.3, 0.4) is 0 Å². The van der Waals surface area contributed by atoms with Crippen LogP contribution in [0.5, 0.6) is 0 Å². The minimum atomic E-state index is -0.809. The van der Waals surface area contributed by atoms with E-state index in [-0.39, 0.29) is 6.04 Å². The number of pyridine rings is 1. The van der Waals surface area contributed by atoms with Gasteiger partial charge in [-0.15, -0.1) is 0 Å². The second-order valence-electron chi connectivity index (χ2n) is 3.95. The number of halogens is 1. The zero-order chi connectivity index (χ0) is 11.5. The second kappa shape index (κ2) is 4.57. The second-order valence-corrected chi connectivity index (χ2v) is 3.95. The highest BCUT2D eigenvalue weighted by Crippen LogP contribution is 2.28. The minimum Gasteiger partial charge on any atom is -0.481 e. The Morgan fingerprint density at radius 2 is 2.44 bits per heavy atom. The van der Waals surface area contributed by atoms with Crippen LogP contribution < -0.4 is 5.32 Å². The molecule has 16 heavy (non-hydrogen) atoms. The van der Waals surface area contributed by atoms with Crippen LogP contribution >= 0.6 is 0 Å². The van der Waals surface area contributed by atoms with Gasteiger partial charge in [0.05, 0.1) is 5.92 Å². The molecule has 0 aliphatic carbocycles.